The molecule has 13 rings (SSSR count). The maximum atomic E-state index is 6.99. The number of para-hydroxylation sites is 4. The van der Waals surface area contributed by atoms with Gasteiger partial charge in [0, 0.05) is 38.0 Å². The van der Waals surface area contributed by atoms with E-state index in [1.165, 1.54) is 66.0 Å². The van der Waals surface area contributed by atoms with Crippen molar-refractivity contribution in [2.75, 3.05) is 0 Å². The molecule has 0 unspecified atom stereocenters. The summed E-state index contributed by atoms with van der Waals surface area (Å²) in [5.41, 5.74) is 18.0. The van der Waals surface area contributed by atoms with Crippen LogP contribution in [0.25, 0.3) is 121 Å². The summed E-state index contributed by atoms with van der Waals surface area (Å²) in [6.07, 6.45) is 0. The van der Waals surface area contributed by atoms with E-state index in [1.807, 2.05) is 0 Å². The van der Waals surface area contributed by atoms with Crippen LogP contribution in [0, 0.1) is 0 Å². The van der Waals surface area contributed by atoms with Crippen LogP contribution in [-0.2, 0) is 0 Å². The van der Waals surface area contributed by atoms with E-state index in [0.29, 0.717) is 0 Å². The summed E-state index contributed by atoms with van der Waals surface area (Å²) in [5.74, 6) is 0. The topological polar surface area (TPSA) is 23.0 Å². The van der Waals surface area contributed by atoms with Crippen molar-refractivity contribution in [1.29, 1.82) is 0 Å². The van der Waals surface area contributed by atoms with Crippen molar-refractivity contribution in [3.63, 3.8) is 0 Å². The van der Waals surface area contributed by atoms with Gasteiger partial charge in [0.05, 0.1) is 27.8 Å². The molecule has 0 bridgehead atoms. The maximum Gasteiger partial charge on any atom is 0.159 e. The minimum Gasteiger partial charge on any atom is -0.454 e. The molecule has 3 nitrogen and oxygen atoms in total. The van der Waals surface area contributed by atoms with Crippen LogP contribution in [0.1, 0.15) is 0 Å². The predicted molar refractivity (Wildman–Crippen MR) is 264 cm³/mol. The molecule has 0 saturated carbocycles. The van der Waals surface area contributed by atoms with Crippen molar-refractivity contribution in [2.45, 2.75) is 0 Å². The van der Waals surface area contributed by atoms with E-state index in [1.54, 1.807) is 0 Å². The van der Waals surface area contributed by atoms with Gasteiger partial charge < -0.3 is 13.6 Å². The highest BCUT2D eigenvalue weighted by Crippen LogP contribution is 2.44. The lowest BCUT2D eigenvalue weighted by Gasteiger charge is -2.10. The fraction of sp³-hybridized carbons (Fsp3) is 0. The monoisotopic (exact) mass is 802 g/mol. The lowest BCUT2D eigenvalue weighted by molar-refractivity contribution is 0.666. The van der Waals surface area contributed by atoms with Crippen LogP contribution in [0.3, 0.4) is 0 Å². The summed E-state index contributed by atoms with van der Waals surface area (Å²) >= 11 is 0. The van der Waals surface area contributed by atoms with Crippen LogP contribution in [0.2, 0.25) is 0 Å². The number of furan rings is 1. The normalized spacial score (nSPS) is 11.8. The highest BCUT2D eigenvalue weighted by atomic mass is 16.3. The van der Waals surface area contributed by atoms with Gasteiger partial charge in [-0.1, -0.05) is 164 Å². The van der Waals surface area contributed by atoms with Crippen molar-refractivity contribution in [1.82, 2.24) is 9.13 Å². The Hall–Kier alpha value is -8.40. The molecule has 0 aliphatic heterocycles. The second-order valence-electron chi connectivity index (χ2n) is 16.5. The second kappa shape index (κ2) is 14.1. The number of aromatic nitrogens is 2. The molecule has 3 aromatic heterocycles. The zero-order chi connectivity index (χ0) is 41.4. The molecule has 0 N–H and O–H groups in total. The smallest absolute Gasteiger partial charge is 0.159 e. The van der Waals surface area contributed by atoms with E-state index in [0.717, 1.165) is 55.5 Å². The Morgan fingerprint density at radius 1 is 0.286 bits per heavy atom. The van der Waals surface area contributed by atoms with Gasteiger partial charge in [-0.3, -0.25) is 0 Å². The molecule has 0 aliphatic rings. The molecule has 63 heavy (non-hydrogen) atoms. The molecule has 0 spiro atoms. The third-order valence-corrected chi connectivity index (χ3v) is 12.9. The van der Waals surface area contributed by atoms with Gasteiger partial charge in [0.2, 0.25) is 0 Å². The molecule has 3 heterocycles. The molecule has 10 aromatic carbocycles. The summed E-state index contributed by atoms with van der Waals surface area (Å²) < 4.78 is 11.8. The molecule has 0 saturated heterocycles. The first-order chi connectivity index (χ1) is 31.2. The second-order valence-corrected chi connectivity index (χ2v) is 16.5. The van der Waals surface area contributed by atoms with Crippen LogP contribution >= 0.6 is 0 Å². The van der Waals surface area contributed by atoms with Crippen molar-refractivity contribution >= 4 is 65.6 Å². The average molecular weight is 803 g/mol. The quantitative estimate of drug-likeness (QED) is 0.164. The van der Waals surface area contributed by atoms with Gasteiger partial charge in [-0.15, -0.1) is 0 Å². The molecule has 294 valence electrons. The molecule has 0 atom stereocenters. The van der Waals surface area contributed by atoms with Crippen molar-refractivity contribution in [3.05, 3.63) is 231 Å². The van der Waals surface area contributed by atoms with Crippen LogP contribution in [0.15, 0.2) is 235 Å². The number of fused-ring (bicyclic) bond motifs is 10. The number of rotatable bonds is 6. The Morgan fingerprint density at radius 3 is 1.44 bits per heavy atom. The maximum absolute atomic E-state index is 6.99. The van der Waals surface area contributed by atoms with Gasteiger partial charge in [0.25, 0.3) is 0 Å². The average Bonchev–Trinajstić information content (AvgIpc) is 4.02. The Morgan fingerprint density at radius 2 is 0.778 bits per heavy atom. The first-order valence-corrected chi connectivity index (χ1v) is 21.6. The largest absolute Gasteiger partial charge is 0.454 e. The summed E-state index contributed by atoms with van der Waals surface area (Å²) in [7, 11) is 0. The van der Waals surface area contributed by atoms with Crippen molar-refractivity contribution in [3.8, 4) is 55.9 Å². The third-order valence-electron chi connectivity index (χ3n) is 12.9. The number of nitrogens with zero attached hydrogens (tertiary/aromatic N) is 2. The SMILES string of the molecule is c1ccc(-c2cccc(-c3cccc(-c4cccc(-c5ccc6c(c5)oc5c(-n7c8ccccc8c8c7ccc7c9ccccc9n(-c9ccccc9)c78)cccc56)c4)c3)c2)cc1. The van der Waals surface area contributed by atoms with E-state index in [-0.39, 0.29) is 0 Å². The van der Waals surface area contributed by atoms with Crippen LogP contribution in [-0.4, -0.2) is 9.13 Å². The van der Waals surface area contributed by atoms with Gasteiger partial charge in [-0.05, 0) is 111 Å². The molecule has 0 radical (unpaired) electrons. The summed E-state index contributed by atoms with van der Waals surface area (Å²) in [6.45, 7) is 0. The highest BCUT2D eigenvalue weighted by Gasteiger charge is 2.23. The van der Waals surface area contributed by atoms with Crippen LogP contribution in [0.4, 0.5) is 0 Å². The number of benzene rings is 10. The van der Waals surface area contributed by atoms with E-state index in [2.05, 4.69) is 240 Å². The molecule has 0 aliphatic carbocycles. The van der Waals surface area contributed by atoms with Gasteiger partial charge >= 0.3 is 0 Å². The molecular weight excluding hydrogens is 765 g/mol. The molecule has 13 aromatic rings. The van der Waals surface area contributed by atoms with E-state index in [9.17, 15) is 0 Å². The number of hydrogen-bond acceptors (Lipinski definition) is 1. The fourth-order valence-corrected chi connectivity index (χ4v) is 10.0. The Labute approximate surface area is 363 Å². The molecule has 0 amide bonds. The Bertz CT molecular complexity index is 3900. The van der Waals surface area contributed by atoms with Crippen LogP contribution < -0.4 is 0 Å². The standard InChI is InChI=1S/C60H38N2O/c1-3-15-39(16-4-1)40-17-11-18-41(35-40)42-19-12-20-43(36-42)44-21-13-22-45(37-44)46-31-32-49-51-27-14-30-56(60(51)63-57(49)38-46)62-54-29-10-8-26-52(54)58-55(62)34-33-50-48-25-7-9-28-53(48)61(59(50)58)47-23-5-2-6-24-47/h1-38H. The lowest BCUT2D eigenvalue weighted by Crippen LogP contribution is -1.95. The van der Waals surface area contributed by atoms with Gasteiger partial charge in [-0.25, -0.2) is 0 Å². The minimum absolute atomic E-state index is 0.869. The first kappa shape index (κ1) is 35.4. The molecule has 3 heteroatoms. The predicted octanol–water partition coefficient (Wildman–Crippen LogP) is 16.4. The molecular formula is C60H38N2O. The number of hydrogen-bond donors (Lipinski definition) is 0. The first-order valence-electron chi connectivity index (χ1n) is 21.6. The van der Waals surface area contributed by atoms with Gasteiger partial charge in [0.1, 0.15) is 5.58 Å². The minimum atomic E-state index is 0.869. The van der Waals surface area contributed by atoms with Crippen molar-refractivity contribution in [2.24, 2.45) is 0 Å². The van der Waals surface area contributed by atoms with Gasteiger partial charge in [0.15, 0.2) is 5.58 Å². The van der Waals surface area contributed by atoms with Crippen LogP contribution in [0.5, 0.6) is 0 Å². The molecule has 0 fully saturated rings. The zero-order valence-corrected chi connectivity index (χ0v) is 34.2. The third kappa shape index (κ3) is 5.60. The Balaban J connectivity index is 0.931. The summed E-state index contributed by atoms with van der Waals surface area (Å²) in [4.78, 5) is 0. The van der Waals surface area contributed by atoms with E-state index < -0.39 is 0 Å². The highest BCUT2D eigenvalue weighted by molar-refractivity contribution is 6.26. The van der Waals surface area contributed by atoms with Gasteiger partial charge in [-0.2, -0.15) is 0 Å². The van der Waals surface area contributed by atoms with E-state index in [4.69, 9.17) is 4.42 Å². The van der Waals surface area contributed by atoms with Crippen molar-refractivity contribution < 1.29 is 4.42 Å². The summed E-state index contributed by atoms with van der Waals surface area (Å²) in [6, 6.07) is 83.2. The fourth-order valence-electron chi connectivity index (χ4n) is 10.0. The Kier molecular flexibility index (Phi) is 7.91. The lowest BCUT2D eigenvalue weighted by atomic mass is 9.94. The zero-order valence-electron chi connectivity index (χ0n) is 34.2. The van der Waals surface area contributed by atoms with E-state index >= 15 is 0 Å². The summed E-state index contributed by atoms with van der Waals surface area (Å²) in [5, 5.41) is 7.12.